The minimum absolute atomic E-state index is 0.229. The second kappa shape index (κ2) is 6.26. The zero-order chi connectivity index (χ0) is 17.4. The van der Waals surface area contributed by atoms with Crippen molar-refractivity contribution in [3.05, 3.63) is 51.1 Å². The van der Waals surface area contributed by atoms with Gasteiger partial charge in [0.2, 0.25) is 0 Å². The van der Waals surface area contributed by atoms with E-state index in [-0.39, 0.29) is 11.9 Å². The van der Waals surface area contributed by atoms with Crippen molar-refractivity contribution in [2.24, 2.45) is 12.8 Å². The quantitative estimate of drug-likeness (QED) is 0.747. The Kier molecular flexibility index (Phi) is 4.29. The van der Waals surface area contributed by atoms with E-state index in [1.807, 2.05) is 25.2 Å². The lowest BCUT2D eigenvalue weighted by molar-refractivity contribution is 0.0931. The third-order valence-corrected chi connectivity index (χ3v) is 5.15. The summed E-state index contributed by atoms with van der Waals surface area (Å²) < 4.78 is 1.79. The Labute approximate surface area is 147 Å². The van der Waals surface area contributed by atoms with Crippen LogP contribution in [0.25, 0.3) is 10.9 Å². The second-order valence-corrected chi connectivity index (χ2v) is 6.91. The molecule has 0 saturated heterocycles. The minimum Gasteiger partial charge on any atom is -0.365 e. The van der Waals surface area contributed by atoms with Gasteiger partial charge < -0.3 is 15.6 Å². The number of aryl methyl sites for hydroxylation is 1. The maximum absolute atomic E-state index is 12.6. The monoisotopic (exact) mass is 362 g/mol. The first-order valence-electron chi connectivity index (χ1n) is 7.18. The van der Waals surface area contributed by atoms with E-state index in [0.717, 1.165) is 10.9 Å². The number of hydrogen-bond donors (Lipinski definition) is 2. The van der Waals surface area contributed by atoms with Crippen LogP contribution in [0.2, 0.25) is 5.02 Å². The number of halogens is 1. The lowest BCUT2D eigenvalue weighted by Crippen LogP contribution is -2.28. The van der Waals surface area contributed by atoms with Gasteiger partial charge in [-0.15, -0.1) is 11.3 Å². The molecule has 2 aromatic heterocycles. The Hall–Kier alpha value is -2.38. The van der Waals surface area contributed by atoms with Crippen molar-refractivity contribution in [1.82, 2.24) is 14.9 Å². The van der Waals surface area contributed by atoms with Gasteiger partial charge in [-0.1, -0.05) is 17.7 Å². The molecule has 0 fully saturated rings. The molecule has 2 heterocycles. The van der Waals surface area contributed by atoms with Crippen LogP contribution in [-0.2, 0) is 7.05 Å². The van der Waals surface area contributed by atoms with Crippen LogP contribution in [0.15, 0.2) is 30.5 Å². The molecule has 0 aliphatic rings. The first kappa shape index (κ1) is 16.5. The van der Waals surface area contributed by atoms with Gasteiger partial charge in [0.25, 0.3) is 11.8 Å². The molecule has 0 saturated carbocycles. The molecule has 3 aromatic rings. The number of amides is 2. The number of nitrogens with one attached hydrogen (secondary N) is 1. The van der Waals surface area contributed by atoms with Crippen LogP contribution in [0.1, 0.15) is 38.1 Å². The molecule has 0 spiro atoms. The number of benzene rings is 1. The number of rotatable bonds is 4. The number of thiazole rings is 1. The average molecular weight is 363 g/mol. The highest BCUT2D eigenvalue weighted by molar-refractivity contribution is 7.13. The van der Waals surface area contributed by atoms with Crippen molar-refractivity contribution < 1.29 is 9.59 Å². The van der Waals surface area contributed by atoms with Gasteiger partial charge in [-0.2, -0.15) is 0 Å². The summed E-state index contributed by atoms with van der Waals surface area (Å²) in [6, 6.07) is 6.95. The third-order valence-electron chi connectivity index (χ3n) is 3.72. The first-order valence-corrected chi connectivity index (χ1v) is 8.37. The van der Waals surface area contributed by atoms with Crippen molar-refractivity contribution in [3.8, 4) is 0 Å². The Morgan fingerprint density at radius 3 is 2.79 bits per heavy atom. The molecule has 3 rings (SSSR count). The van der Waals surface area contributed by atoms with Gasteiger partial charge in [-0.05, 0) is 25.1 Å². The molecule has 6 nitrogen and oxygen atoms in total. The number of hydrogen-bond acceptors (Lipinski definition) is 4. The summed E-state index contributed by atoms with van der Waals surface area (Å²) >= 11 is 7.19. The molecule has 24 heavy (non-hydrogen) atoms. The zero-order valence-electron chi connectivity index (χ0n) is 13.0. The molecule has 1 aromatic carbocycles. The molecule has 0 aliphatic carbocycles. The summed E-state index contributed by atoms with van der Waals surface area (Å²) in [5.41, 5.74) is 6.62. The molecule has 3 N–H and O–H groups in total. The topological polar surface area (TPSA) is 90.0 Å². The number of carbonyl (C=O) groups is 2. The van der Waals surface area contributed by atoms with E-state index in [1.54, 1.807) is 17.6 Å². The summed E-state index contributed by atoms with van der Waals surface area (Å²) in [6.45, 7) is 1.81. The van der Waals surface area contributed by atoms with Crippen molar-refractivity contribution in [3.63, 3.8) is 0 Å². The molecule has 124 valence electrons. The van der Waals surface area contributed by atoms with Gasteiger partial charge in [0, 0.05) is 23.0 Å². The predicted octanol–water partition coefficient (Wildman–Crippen LogP) is 2.88. The van der Waals surface area contributed by atoms with Crippen molar-refractivity contribution >= 4 is 45.7 Å². The summed E-state index contributed by atoms with van der Waals surface area (Å²) in [5, 5.41) is 5.06. The van der Waals surface area contributed by atoms with Crippen LogP contribution in [-0.4, -0.2) is 21.4 Å². The van der Waals surface area contributed by atoms with Gasteiger partial charge in [0.15, 0.2) is 0 Å². The van der Waals surface area contributed by atoms with Gasteiger partial charge in [0.1, 0.15) is 15.6 Å². The molecule has 0 bridgehead atoms. The molecule has 0 radical (unpaired) electrons. The SMILES string of the molecule is CC(NC(=O)c1cc2ccc(Cl)cc2n1C)c1ncc(C(N)=O)s1. The van der Waals surface area contributed by atoms with E-state index < -0.39 is 5.91 Å². The maximum atomic E-state index is 12.6. The number of nitrogens with zero attached hydrogens (tertiary/aromatic N) is 2. The zero-order valence-corrected chi connectivity index (χ0v) is 14.6. The molecule has 8 heteroatoms. The van der Waals surface area contributed by atoms with E-state index in [2.05, 4.69) is 10.3 Å². The Morgan fingerprint density at radius 2 is 2.12 bits per heavy atom. The lowest BCUT2D eigenvalue weighted by Gasteiger charge is -2.11. The number of primary amides is 1. The number of fused-ring (bicyclic) bond motifs is 1. The van der Waals surface area contributed by atoms with E-state index in [1.165, 1.54) is 17.5 Å². The molecule has 1 unspecified atom stereocenters. The van der Waals surface area contributed by atoms with Crippen LogP contribution in [0, 0.1) is 0 Å². The first-order chi connectivity index (χ1) is 11.4. The van der Waals surface area contributed by atoms with Crippen LogP contribution < -0.4 is 11.1 Å². The number of aromatic nitrogens is 2. The lowest BCUT2D eigenvalue weighted by atomic mass is 10.2. The number of nitrogens with two attached hydrogens (primary N) is 1. The normalized spacial score (nSPS) is 12.3. The summed E-state index contributed by atoms with van der Waals surface area (Å²) in [4.78, 5) is 28.2. The molecular formula is C16H15ClN4O2S. The van der Waals surface area contributed by atoms with E-state index >= 15 is 0 Å². The van der Waals surface area contributed by atoms with E-state index in [0.29, 0.717) is 20.6 Å². The fraction of sp³-hybridized carbons (Fsp3) is 0.188. The molecule has 0 aliphatic heterocycles. The van der Waals surface area contributed by atoms with Crippen LogP contribution >= 0.6 is 22.9 Å². The highest BCUT2D eigenvalue weighted by atomic mass is 35.5. The summed E-state index contributed by atoms with van der Waals surface area (Å²) in [5.74, 6) is -0.754. The van der Waals surface area contributed by atoms with Crippen LogP contribution in [0.3, 0.4) is 0 Å². The van der Waals surface area contributed by atoms with Gasteiger partial charge in [-0.25, -0.2) is 4.98 Å². The van der Waals surface area contributed by atoms with Gasteiger partial charge in [0.05, 0.1) is 12.2 Å². The molecule has 1 atom stereocenters. The van der Waals surface area contributed by atoms with Gasteiger partial charge >= 0.3 is 0 Å². The van der Waals surface area contributed by atoms with Gasteiger partial charge in [-0.3, -0.25) is 9.59 Å². The number of carbonyl (C=O) groups excluding carboxylic acids is 2. The average Bonchev–Trinajstić information content (AvgIpc) is 3.13. The van der Waals surface area contributed by atoms with E-state index in [4.69, 9.17) is 17.3 Å². The highest BCUT2D eigenvalue weighted by Crippen LogP contribution is 2.24. The standard InChI is InChI=1S/C16H15ClN4O2S/c1-8(16-19-7-13(24-16)14(18)22)20-15(23)12-5-9-3-4-10(17)6-11(9)21(12)2/h3-8H,1-2H3,(H2,18,22)(H,20,23). The van der Waals surface area contributed by atoms with Crippen LogP contribution in [0.5, 0.6) is 0 Å². The predicted molar refractivity (Wildman–Crippen MR) is 94.4 cm³/mol. The minimum atomic E-state index is -0.525. The Balaban J connectivity index is 1.84. The van der Waals surface area contributed by atoms with Crippen molar-refractivity contribution in [1.29, 1.82) is 0 Å². The van der Waals surface area contributed by atoms with Crippen molar-refractivity contribution in [2.75, 3.05) is 0 Å². The van der Waals surface area contributed by atoms with E-state index in [9.17, 15) is 9.59 Å². The Bertz CT molecular complexity index is 947. The maximum Gasteiger partial charge on any atom is 0.268 e. The molecular weight excluding hydrogens is 348 g/mol. The third kappa shape index (κ3) is 3.00. The highest BCUT2D eigenvalue weighted by Gasteiger charge is 2.19. The second-order valence-electron chi connectivity index (χ2n) is 5.41. The fourth-order valence-electron chi connectivity index (χ4n) is 2.46. The summed E-state index contributed by atoms with van der Waals surface area (Å²) in [7, 11) is 1.81. The fourth-order valence-corrected chi connectivity index (χ4v) is 3.39. The largest absolute Gasteiger partial charge is 0.365 e. The Morgan fingerprint density at radius 1 is 1.38 bits per heavy atom. The van der Waals surface area contributed by atoms with Crippen LogP contribution in [0.4, 0.5) is 0 Å². The smallest absolute Gasteiger partial charge is 0.268 e. The summed E-state index contributed by atoms with van der Waals surface area (Å²) in [6.07, 6.45) is 1.42. The van der Waals surface area contributed by atoms with Crippen molar-refractivity contribution in [2.45, 2.75) is 13.0 Å². The molecule has 2 amide bonds.